The average molecular weight is 243 g/mol. The summed E-state index contributed by atoms with van der Waals surface area (Å²) in [6.07, 6.45) is 4.03. The van der Waals surface area contributed by atoms with Crippen molar-refractivity contribution in [1.82, 2.24) is 14.5 Å². The van der Waals surface area contributed by atoms with Gasteiger partial charge in [0.05, 0.1) is 5.52 Å². The molecule has 18 heavy (non-hydrogen) atoms. The minimum Gasteiger partial charge on any atom is -0.302 e. The smallest absolute Gasteiger partial charge is 0.302 e. The molecule has 94 valence electrons. The van der Waals surface area contributed by atoms with Crippen LogP contribution >= 0.6 is 0 Å². The summed E-state index contributed by atoms with van der Waals surface area (Å²) in [5.41, 5.74) is 0.840. The molecule has 1 aromatic heterocycles. The zero-order valence-corrected chi connectivity index (χ0v) is 10.5. The molecule has 0 amide bonds. The van der Waals surface area contributed by atoms with Gasteiger partial charge in [-0.2, -0.15) is 0 Å². The fraction of sp³-hybridized carbons (Fsp3) is 0.429. The molecule has 3 rings (SSSR count). The first-order valence-corrected chi connectivity index (χ1v) is 6.40. The number of benzene rings is 1. The Bertz CT molecular complexity index is 620. The first-order valence-electron chi connectivity index (χ1n) is 6.40. The van der Waals surface area contributed by atoms with E-state index in [1.165, 1.54) is 6.42 Å². The third-order valence-corrected chi connectivity index (χ3v) is 3.84. The number of aromatic nitrogens is 2. The van der Waals surface area contributed by atoms with Crippen LogP contribution in [0.25, 0.3) is 10.9 Å². The molecule has 4 heteroatoms. The summed E-state index contributed by atoms with van der Waals surface area (Å²) in [7, 11) is 2.13. The fourth-order valence-corrected chi connectivity index (χ4v) is 2.74. The van der Waals surface area contributed by atoms with E-state index in [1.807, 2.05) is 28.8 Å². The maximum Gasteiger partial charge on any atom is 0.348 e. The molecule has 0 bridgehead atoms. The number of likely N-dealkylation sites (tertiary alicyclic amines) is 1. The largest absolute Gasteiger partial charge is 0.348 e. The standard InChI is InChI=1S/C14H17N3O/c1-16-8-4-6-12(16)10-17-13-7-3-2-5-11(13)9-15-14(17)18/h2-3,5,7,9,12H,4,6,8,10H2,1H3. The van der Waals surface area contributed by atoms with Gasteiger partial charge >= 0.3 is 5.69 Å². The molecule has 1 aliphatic rings. The molecule has 0 spiro atoms. The Balaban J connectivity index is 2.05. The highest BCUT2D eigenvalue weighted by Gasteiger charge is 2.22. The van der Waals surface area contributed by atoms with Gasteiger partial charge in [-0.05, 0) is 32.5 Å². The molecular formula is C14H17N3O. The van der Waals surface area contributed by atoms with Gasteiger partial charge in [0.1, 0.15) is 0 Å². The van der Waals surface area contributed by atoms with Crippen molar-refractivity contribution in [2.75, 3.05) is 13.6 Å². The highest BCUT2D eigenvalue weighted by atomic mass is 16.1. The summed E-state index contributed by atoms with van der Waals surface area (Å²) in [5.74, 6) is 0. The van der Waals surface area contributed by atoms with Gasteiger partial charge in [-0.25, -0.2) is 9.78 Å². The highest BCUT2D eigenvalue weighted by molar-refractivity contribution is 5.77. The summed E-state index contributed by atoms with van der Waals surface area (Å²) >= 11 is 0. The Morgan fingerprint density at radius 1 is 1.39 bits per heavy atom. The summed E-state index contributed by atoms with van der Waals surface area (Å²) in [6.45, 7) is 1.86. The van der Waals surface area contributed by atoms with E-state index in [0.717, 1.165) is 30.4 Å². The molecule has 0 aliphatic carbocycles. The van der Waals surface area contributed by atoms with Crippen molar-refractivity contribution in [1.29, 1.82) is 0 Å². The lowest BCUT2D eigenvalue weighted by Crippen LogP contribution is -2.34. The second-order valence-corrected chi connectivity index (χ2v) is 4.99. The second kappa shape index (κ2) is 4.53. The third kappa shape index (κ3) is 1.93. The minimum absolute atomic E-state index is 0.144. The minimum atomic E-state index is -0.144. The van der Waals surface area contributed by atoms with Gasteiger partial charge < -0.3 is 4.90 Å². The molecule has 0 saturated carbocycles. The van der Waals surface area contributed by atoms with E-state index in [0.29, 0.717) is 6.04 Å². The van der Waals surface area contributed by atoms with Crippen LogP contribution in [-0.2, 0) is 6.54 Å². The van der Waals surface area contributed by atoms with Crippen LogP contribution in [0.2, 0.25) is 0 Å². The van der Waals surface area contributed by atoms with E-state index in [2.05, 4.69) is 16.9 Å². The highest BCUT2D eigenvalue weighted by Crippen LogP contribution is 2.18. The summed E-state index contributed by atoms with van der Waals surface area (Å²) < 4.78 is 1.81. The van der Waals surface area contributed by atoms with Gasteiger partial charge in [-0.1, -0.05) is 18.2 Å². The van der Waals surface area contributed by atoms with Crippen LogP contribution in [0.1, 0.15) is 12.8 Å². The van der Waals surface area contributed by atoms with Crippen molar-refractivity contribution in [2.45, 2.75) is 25.4 Å². The monoisotopic (exact) mass is 243 g/mol. The lowest BCUT2D eigenvalue weighted by atomic mass is 10.2. The predicted molar refractivity (Wildman–Crippen MR) is 71.7 cm³/mol. The Morgan fingerprint density at radius 2 is 2.22 bits per heavy atom. The number of hydrogen-bond donors (Lipinski definition) is 0. The molecule has 1 saturated heterocycles. The van der Waals surface area contributed by atoms with Crippen LogP contribution in [0.5, 0.6) is 0 Å². The lowest BCUT2D eigenvalue weighted by Gasteiger charge is -2.21. The van der Waals surface area contributed by atoms with Crippen molar-refractivity contribution in [3.05, 3.63) is 40.9 Å². The van der Waals surface area contributed by atoms with E-state index in [9.17, 15) is 4.79 Å². The normalized spacial score (nSPS) is 20.6. The van der Waals surface area contributed by atoms with E-state index in [-0.39, 0.29) is 5.69 Å². The fourth-order valence-electron chi connectivity index (χ4n) is 2.74. The Kier molecular flexibility index (Phi) is 2.88. The molecule has 1 unspecified atom stereocenters. The molecule has 0 radical (unpaired) electrons. The number of fused-ring (bicyclic) bond motifs is 1. The number of hydrogen-bond acceptors (Lipinski definition) is 3. The molecule has 1 atom stereocenters. The summed E-state index contributed by atoms with van der Waals surface area (Å²) in [5, 5.41) is 1.03. The number of para-hydroxylation sites is 1. The van der Waals surface area contributed by atoms with Gasteiger partial charge in [0.2, 0.25) is 0 Å². The molecule has 1 aromatic carbocycles. The van der Waals surface area contributed by atoms with Crippen LogP contribution in [0.4, 0.5) is 0 Å². The van der Waals surface area contributed by atoms with Crippen molar-refractivity contribution >= 4 is 10.9 Å². The van der Waals surface area contributed by atoms with E-state index < -0.39 is 0 Å². The van der Waals surface area contributed by atoms with Gasteiger partial charge in [0, 0.05) is 24.2 Å². The quantitative estimate of drug-likeness (QED) is 0.802. The number of rotatable bonds is 2. The van der Waals surface area contributed by atoms with Gasteiger partial charge in [-0.15, -0.1) is 0 Å². The zero-order valence-electron chi connectivity index (χ0n) is 10.5. The first kappa shape index (κ1) is 11.4. The van der Waals surface area contributed by atoms with Gasteiger partial charge in [0.25, 0.3) is 0 Å². The number of nitrogens with zero attached hydrogens (tertiary/aromatic N) is 3. The predicted octanol–water partition coefficient (Wildman–Crippen LogP) is 1.49. The molecule has 2 aromatic rings. The summed E-state index contributed by atoms with van der Waals surface area (Å²) in [4.78, 5) is 18.3. The van der Waals surface area contributed by atoms with Crippen LogP contribution in [0.3, 0.4) is 0 Å². The second-order valence-electron chi connectivity index (χ2n) is 4.99. The molecule has 4 nitrogen and oxygen atoms in total. The molecule has 2 heterocycles. The molecule has 1 fully saturated rings. The first-order chi connectivity index (χ1) is 8.75. The Labute approximate surface area is 106 Å². The van der Waals surface area contributed by atoms with Crippen LogP contribution < -0.4 is 5.69 Å². The molecule has 0 N–H and O–H groups in total. The SMILES string of the molecule is CN1CCCC1Cn1c(=O)ncc2ccccc21. The van der Waals surface area contributed by atoms with E-state index in [1.54, 1.807) is 6.20 Å². The van der Waals surface area contributed by atoms with Crippen LogP contribution in [0.15, 0.2) is 35.3 Å². The van der Waals surface area contributed by atoms with Gasteiger partial charge in [0.15, 0.2) is 0 Å². The van der Waals surface area contributed by atoms with Crippen molar-refractivity contribution < 1.29 is 0 Å². The Morgan fingerprint density at radius 3 is 3.00 bits per heavy atom. The Hall–Kier alpha value is -1.68. The zero-order chi connectivity index (χ0) is 12.5. The van der Waals surface area contributed by atoms with E-state index in [4.69, 9.17) is 0 Å². The van der Waals surface area contributed by atoms with Crippen LogP contribution in [0, 0.1) is 0 Å². The average Bonchev–Trinajstić information content (AvgIpc) is 2.79. The lowest BCUT2D eigenvalue weighted by molar-refractivity contribution is 0.281. The van der Waals surface area contributed by atoms with Gasteiger partial charge in [-0.3, -0.25) is 4.57 Å². The topological polar surface area (TPSA) is 38.1 Å². The maximum absolute atomic E-state index is 12.0. The van der Waals surface area contributed by atoms with Crippen molar-refractivity contribution in [3.63, 3.8) is 0 Å². The summed E-state index contributed by atoms with van der Waals surface area (Å²) in [6, 6.07) is 8.39. The number of likely N-dealkylation sites (N-methyl/N-ethyl adjacent to an activating group) is 1. The van der Waals surface area contributed by atoms with Crippen molar-refractivity contribution in [2.24, 2.45) is 0 Å². The molecule has 1 aliphatic heterocycles. The van der Waals surface area contributed by atoms with Crippen molar-refractivity contribution in [3.8, 4) is 0 Å². The molecular weight excluding hydrogens is 226 g/mol. The van der Waals surface area contributed by atoms with E-state index >= 15 is 0 Å². The third-order valence-electron chi connectivity index (χ3n) is 3.84. The van der Waals surface area contributed by atoms with Crippen LogP contribution in [-0.4, -0.2) is 34.1 Å². The maximum atomic E-state index is 12.0.